The smallest absolute Gasteiger partial charge is 0.151 e. The number of anilines is 2. The molecular weight excluding hydrogens is 484 g/mol. The topological polar surface area (TPSA) is 80.5 Å². The molecule has 3 aromatic heterocycles. The summed E-state index contributed by atoms with van der Waals surface area (Å²) in [7, 11) is 2.18. The third-order valence-electron chi connectivity index (χ3n) is 7.99. The van der Waals surface area contributed by atoms with Crippen molar-refractivity contribution in [1.82, 2.24) is 29.3 Å². The Balaban J connectivity index is 1.23. The highest BCUT2D eigenvalue weighted by Gasteiger charge is 2.22. The summed E-state index contributed by atoms with van der Waals surface area (Å²) in [5.41, 5.74) is 16.5. The van der Waals surface area contributed by atoms with E-state index in [2.05, 4.69) is 93.8 Å². The zero-order valence-corrected chi connectivity index (χ0v) is 22.2. The predicted octanol–water partition coefficient (Wildman–Crippen LogP) is 4.46. The molecule has 0 amide bonds. The number of aryl methyl sites for hydroxylation is 1. The van der Waals surface area contributed by atoms with Gasteiger partial charge in [0.2, 0.25) is 0 Å². The number of nitrogens with zero attached hydrogens (tertiary/aromatic N) is 7. The molecular formula is C31H32N8. The summed E-state index contributed by atoms with van der Waals surface area (Å²) in [6.07, 6.45) is 7.78. The maximum Gasteiger partial charge on any atom is 0.151 e. The van der Waals surface area contributed by atoms with E-state index in [1.165, 1.54) is 28.7 Å². The number of rotatable bonds is 5. The molecule has 2 N–H and O–H groups in total. The van der Waals surface area contributed by atoms with Gasteiger partial charge in [-0.3, -0.25) is 4.68 Å². The number of hydrogen-bond acceptors (Lipinski definition) is 6. The number of nitrogens with two attached hydrogens (primary N) is 1. The largest absolute Gasteiger partial charge is 0.382 e. The van der Waals surface area contributed by atoms with Gasteiger partial charge in [0.15, 0.2) is 5.82 Å². The number of nitrogen functional groups attached to an aromatic ring is 1. The summed E-state index contributed by atoms with van der Waals surface area (Å²) in [4.78, 5) is 9.16. The van der Waals surface area contributed by atoms with Crippen LogP contribution in [0.4, 0.5) is 11.5 Å². The van der Waals surface area contributed by atoms with Crippen molar-refractivity contribution >= 4 is 28.7 Å². The summed E-state index contributed by atoms with van der Waals surface area (Å²) < 4.78 is 3.98. The molecule has 5 aromatic rings. The highest BCUT2D eigenvalue weighted by Crippen LogP contribution is 2.37. The van der Waals surface area contributed by atoms with Gasteiger partial charge >= 0.3 is 0 Å². The molecule has 1 aliphatic carbocycles. The van der Waals surface area contributed by atoms with Crippen molar-refractivity contribution in [1.29, 1.82) is 0 Å². The van der Waals surface area contributed by atoms with Gasteiger partial charge in [-0.2, -0.15) is 10.2 Å². The fraction of sp³-hybridized carbons (Fsp3) is 0.258. The molecule has 0 unspecified atom stereocenters. The van der Waals surface area contributed by atoms with E-state index in [0.717, 1.165) is 73.6 Å². The first-order valence-corrected chi connectivity index (χ1v) is 13.6. The van der Waals surface area contributed by atoms with Crippen LogP contribution in [0.5, 0.6) is 0 Å². The number of hydrogen-bond donors (Lipinski definition) is 1. The first kappa shape index (κ1) is 23.7. The second-order valence-electron chi connectivity index (χ2n) is 10.6. The molecule has 0 bridgehead atoms. The van der Waals surface area contributed by atoms with Crippen LogP contribution < -0.4 is 10.6 Å². The zero-order chi connectivity index (χ0) is 26.3. The Morgan fingerprint density at radius 2 is 1.72 bits per heavy atom. The monoisotopic (exact) mass is 516 g/mol. The fourth-order valence-electron chi connectivity index (χ4n) is 5.79. The summed E-state index contributed by atoms with van der Waals surface area (Å²) in [6, 6.07) is 21.5. The average Bonchev–Trinajstić information content (AvgIpc) is 3.56. The molecule has 0 atom stereocenters. The van der Waals surface area contributed by atoms with Gasteiger partial charge in [0, 0.05) is 49.2 Å². The van der Waals surface area contributed by atoms with E-state index in [0.29, 0.717) is 5.82 Å². The van der Waals surface area contributed by atoms with Crippen molar-refractivity contribution in [2.24, 2.45) is 0 Å². The van der Waals surface area contributed by atoms with Crippen LogP contribution in [0.2, 0.25) is 0 Å². The molecule has 2 aromatic carbocycles. The number of piperazine rings is 1. The van der Waals surface area contributed by atoms with E-state index in [9.17, 15) is 0 Å². The van der Waals surface area contributed by atoms with Gasteiger partial charge in [0.05, 0.1) is 17.9 Å². The van der Waals surface area contributed by atoms with Crippen LogP contribution in [-0.4, -0.2) is 62.5 Å². The van der Waals surface area contributed by atoms with Crippen molar-refractivity contribution in [3.05, 3.63) is 95.6 Å². The van der Waals surface area contributed by atoms with Crippen molar-refractivity contribution in [2.45, 2.75) is 19.4 Å². The minimum absolute atomic E-state index is 0.488. The lowest BCUT2D eigenvalue weighted by Gasteiger charge is -2.34. The van der Waals surface area contributed by atoms with Gasteiger partial charge in [-0.25, -0.2) is 9.50 Å². The summed E-state index contributed by atoms with van der Waals surface area (Å²) in [5, 5.41) is 9.52. The Morgan fingerprint density at radius 1 is 0.923 bits per heavy atom. The molecule has 4 heterocycles. The Labute approximate surface area is 228 Å². The first-order valence-electron chi connectivity index (χ1n) is 13.6. The maximum atomic E-state index is 6.44. The van der Waals surface area contributed by atoms with Crippen LogP contribution in [0.25, 0.3) is 28.4 Å². The molecule has 2 aliphatic rings. The lowest BCUT2D eigenvalue weighted by atomic mass is 9.92. The average molecular weight is 517 g/mol. The van der Waals surface area contributed by atoms with Gasteiger partial charge in [-0.1, -0.05) is 42.5 Å². The van der Waals surface area contributed by atoms with Crippen LogP contribution in [0.1, 0.15) is 28.8 Å². The second-order valence-corrected chi connectivity index (χ2v) is 10.6. The Bertz CT molecular complexity index is 1650. The summed E-state index contributed by atoms with van der Waals surface area (Å²) in [6.45, 7) is 5.04. The van der Waals surface area contributed by atoms with Crippen LogP contribution in [0, 0.1) is 0 Å². The molecule has 0 spiro atoms. The SMILES string of the molecule is CN1CCN(c2ccc(-c3cc(C4=Cc5nn(Cc6ccccc6)cc5CC4)c4c(N)ncnn34)cc2)CC1. The minimum Gasteiger partial charge on any atom is -0.382 e. The van der Waals surface area contributed by atoms with Gasteiger partial charge in [-0.05, 0) is 60.9 Å². The quantitative estimate of drug-likeness (QED) is 0.372. The van der Waals surface area contributed by atoms with E-state index in [1.54, 1.807) is 0 Å². The van der Waals surface area contributed by atoms with Crippen molar-refractivity contribution in [3.63, 3.8) is 0 Å². The molecule has 7 rings (SSSR count). The van der Waals surface area contributed by atoms with Crippen molar-refractivity contribution in [2.75, 3.05) is 43.9 Å². The third kappa shape index (κ3) is 4.46. The van der Waals surface area contributed by atoms with Crippen molar-refractivity contribution < 1.29 is 0 Å². The molecule has 0 saturated carbocycles. The number of aromatic nitrogens is 5. The number of fused-ring (bicyclic) bond motifs is 2. The molecule has 1 fully saturated rings. The highest BCUT2D eigenvalue weighted by molar-refractivity contribution is 5.95. The molecule has 8 heteroatoms. The van der Waals surface area contributed by atoms with Crippen LogP contribution >= 0.6 is 0 Å². The number of benzene rings is 2. The van der Waals surface area contributed by atoms with E-state index in [-0.39, 0.29) is 0 Å². The van der Waals surface area contributed by atoms with Gasteiger partial charge in [0.1, 0.15) is 11.8 Å². The highest BCUT2D eigenvalue weighted by atomic mass is 15.3. The minimum atomic E-state index is 0.488. The molecule has 8 nitrogen and oxygen atoms in total. The van der Waals surface area contributed by atoms with Crippen LogP contribution in [0.3, 0.4) is 0 Å². The lowest BCUT2D eigenvalue weighted by molar-refractivity contribution is 0.313. The van der Waals surface area contributed by atoms with Crippen LogP contribution in [-0.2, 0) is 13.0 Å². The van der Waals surface area contributed by atoms with Gasteiger partial charge in [0.25, 0.3) is 0 Å². The standard InChI is InChI=1S/C31H32N8/c1-36-13-15-37(16-14-36)26-11-9-23(10-12-26)29-18-27(30-31(32)33-21-34-39(29)30)24-7-8-25-20-38(35-28(25)17-24)19-22-5-3-2-4-6-22/h2-6,9-12,17-18,20-21H,7-8,13-16,19H2,1H3,(H2,32,33,34). The van der Waals surface area contributed by atoms with Gasteiger partial charge in [-0.15, -0.1) is 0 Å². The van der Waals surface area contributed by atoms with Crippen molar-refractivity contribution in [3.8, 4) is 11.3 Å². The molecule has 1 saturated heterocycles. The van der Waals surface area contributed by atoms with E-state index < -0.39 is 0 Å². The lowest BCUT2D eigenvalue weighted by Crippen LogP contribution is -2.44. The predicted molar refractivity (Wildman–Crippen MR) is 157 cm³/mol. The molecule has 1 aliphatic heterocycles. The normalized spacial score (nSPS) is 15.9. The zero-order valence-electron chi connectivity index (χ0n) is 22.2. The number of likely N-dealkylation sites (N-methyl/N-ethyl adjacent to an activating group) is 1. The molecule has 196 valence electrons. The van der Waals surface area contributed by atoms with Gasteiger partial charge < -0.3 is 15.5 Å². The van der Waals surface area contributed by atoms with E-state index >= 15 is 0 Å². The van der Waals surface area contributed by atoms with E-state index in [4.69, 9.17) is 10.8 Å². The second kappa shape index (κ2) is 9.71. The Hall–Kier alpha value is -4.43. The summed E-state index contributed by atoms with van der Waals surface area (Å²) in [5.74, 6) is 0.488. The molecule has 0 radical (unpaired) electrons. The third-order valence-corrected chi connectivity index (χ3v) is 7.99. The van der Waals surface area contributed by atoms with E-state index in [1.807, 2.05) is 15.3 Å². The first-order chi connectivity index (χ1) is 19.1. The summed E-state index contributed by atoms with van der Waals surface area (Å²) >= 11 is 0. The van der Waals surface area contributed by atoms with Crippen LogP contribution in [0.15, 0.2) is 73.2 Å². The fourth-order valence-corrected chi connectivity index (χ4v) is 5.79. The molecule has 39 heavy (non-hydrogen) atoms. The Kier molecular flexibility index (Phi) is 5.89. The number of allylic oxidation sites excluding steroid dienone is 1. The Morgan fingerprint density at radius 3 is 2.51 bits per heavy atom. The maximum absolute atomic E-state index is 6.44.